The summed E-state index contributed by atoms with van der Waals surface area (Å²) in [7, 11) is 1.90. The minimum atomic E-state index is -0.748. The maximum Gasteiger partial charge on any atom is 0.163 e. The van der Waals surface area contributed by atoms with Gasteiger partial charge in [0.2, 0.25) is 0 Å². The van der Waals surface area contributed by atoms with Gasteiger partial charge in [-0.25, -0.2) is 4.39 Å². The van der Waals surface area contributed by atoms with E-state index in [2.05, 4.69) is 0 Å². The molecule has 0 radical (unpaired) electrons. The van der Waals surface area contributed by atoms with Crippen molar-refractivity contribution < 1.29 is 19.0 Å². The van der Waals surface area contributed by atoms with Gasteiger partial charge in [-0.15, -0.1) is 0 Å². The highest BCUT2D eigenvalue weighted by molar-refractivity contribution is 5.96. The van der Waals surface area contributed by atoms with Gasteiger partial charge in [0.1, 0.15) is 24.3 Å². The Hall–Kier alpha value is -2.24. The van der Waals surface area contributed by atoms with Crippen molar-refractivity contribution in [2.24, 2.45) is 0 Å². The molecule has 2 rings (SSSR count). The molecule has 1 N–H and O–H groups in total. The molecule has 24 heavy (non-hydrogen) atoms. The molecule has 2 aromatic carbocycles. The average Bonchev–Trinajstić information content (AvgIpc) is 2.53. The van der Waals surface area contributed by atoms with E-state index in [0.29, 0.717) is 18.7 Å². The molecule has 2 aromatic rings. The van der Waals surface area contributed by atoms with Crippen molar-refractivity contribution in [1.82, 2.24) is 4.90 Å². The molecule has 4 nitrogen and oxygen atoms in total. The van der Waals surface area contributed by atoms with E-state index in [4.69, 9.17) is 4.74 Å². The number of ether oxygens (including phenoxy) is 1. The molecule has 0 aromatic heterocycles. The van der Waals surface area contributed by atoms with E-state index in [9.17, 15) is 14.3 Å². The Kier molecular flexibility index (Phi) is 6.46. The minimum Gasteiger partial charge on any atom is -0.490 e. The number of benzene rings is 2. The number of hydrogen-bond donors (Lipinski definition) is 1. The van der Waals surface area contributed by atoms with Crippen LogP contribution in [0.25, 0.3) is 0 Å². The fraction of sp³-hybridized carbons (Fsp3) is 0.316. The molecule has 128 valence electrons. The molecule has 1 unspecified atom stereocenters. The van der Waals surface area contributed by atoms with Gasteiger partial charge in [-0.05, 0) is 31.7 Å². The number of carbonyl (C=O) groups is 1. The number of likely N-dealkylation sites (N-methyl/N-ethyl adjacent to an activating group) is 1. The Bertz CT molecular complexity index is 676. The Morgan fingerprint density at radius 1 is 1.25 bits per heavy atom. The van der Waals surface area contributed by atoms with E-state index in [-0.39, 0.29) is 18.1 Å². The second-order valence-electron chi connectivity index (χ2n) is 5.84. The van der Waals surface area contributed by atoms with Crippen LogP contribution in [0.3, 0.4) is 0 Å². The van der Waals surface area contributed by atoms with Crippen molar-refractivity contribution in [1.29, 1.82) is 0 Å². The highest BCUT2D eigenvalue weighted by Crippen LogP contribution is 2.20. The number of nitrogens with zero attached hydrogens (tertiary/aromatic N) is 1. The second-order valence-corrected chi connectivity index (χ2v) is 5.84. The molecular formula is C19H22FNO3. The van der Waals surface area contributed by atoms with E-state index in [1.54, 1.807) is 0 Å². The molecule has 0 aliphatic heterocycles. The lowest BCUT2D eigenvalue weighted by atomic mass is 10.1. The molecule has 0 aliphatic rings. The normalized spacial score (nSPS) is 12.2. The summed E-state index contributed by atoms with van der Waals surface area (Å²) in [4.78, 5) is 13.5. The van der Waals surface area contributed by atoms with Gasteiger partial charge in [0.15, 0.2) is 5.78 Å². The number of Topliss-reactive ketones (excluding diaryl/α,β-unsaturated/α-hetero) is 1. The van der Waals surface area contributed by atoms with Crippen LogP contribution in [-0.4, -0.2) is 42.1 Å². The summed E-state index contributed by atoms with van der Waals surface area (Å²) in [5.74, 6) is -0.529. The first-order chi connectivity index (χ1) is 11.5. The first-order valence-corrected chi connectivity index (χ1v) is 7.79. The summed E-state index contributed by atoms with van der Waals surface area (Å²) in [5, 5.41) is 10.1. The molecule has 0 saturated carbocycles. The van der Waals surface area contributed by atoms with Crippen LogP contribution in [0, 0.1) is 5.82 Å². The van der Waals surface area contributed by atoms with E-state index < -0.39 is 11.9 Å². The maximum atomic E-state index is 13.3. The largest absolute Gasteiger partial charge is 0.490 e. The smallest absolute Gasteiger partial charge is 0.163 e. The van der Waals surface area contributed by atoms with Crippen LogP contribution < -0.4 is 4.74 Å². The van der Waals surface area contributed by atoms with E-state index >= 15 is 0 Å². The molecule has 0 fully saturated rings. The van der Waals surface area contributed by atoms with Crippen LogP contribution in [0.15, 0.2) is 48.5 Å². The molecule has 0 spiro atoms. The quantitative estimate of drug-likeness (QED) is 0.756. The number of halogens is 1. The van der Waals surface area contributed by atoms with Crippen molar-refractivity contribution in [2.45, 2.75) is 19.6 Å². The molecule has 0 aliphatic carbocycles. The fourth-order valence-electron chi connectivity index (χ4n) is 2.46. The summed E-state index contributed by atoms with van der Waals surface area (Å²) >= 11 is 0. The number of ketones is 1. The highest BCUT2D eigenvalue weighted by atomic mass is 19.1. The standard InChI is InChI=1S/C19H22FNO3/c1-14(22)18-9-8-16(20)10-19(18)24-13-17(23)12-21(2)11-15-6-4-3-5-7-15/h3-10,17,23H,11-13H2,1-2H3. The van der Waals surface area contributed by atoms with Crippen molar-refractivity contribution in [3.05, 3.63) is 65.5 Å². The molecule has 0 bridgehead atoms. The van der Waals surface area contributed by atoms with Crippen LogP contribution in [0.1, 0.15) is 22.8 Å². The fourth-order valence-corrected chi connectivity index (χ4v) is 2.46. The SMILES string of the molecule is CC(=O)c1ccc(F)cc1OCC(O)CN(C)Cc1ccccc1. The predicted molar refractivity (Wildman–Crippen MR) is 90.7 cm³/mol. The second kappa shape index (κ2) is 8.57. The van der Waals surface area contributed by atoms with Crippen LogP contribution >= 0.6 is 0 Å². The third kappa shape index (κ3) is 5.44. The van der Waals surface area contributed by atoms with E-state index in [1.165, 1.54) is 19.1 Å². The number of rotatable bonds is 8. The van der Waals surface area contributed by atoms with Gasteiger partial charge in [-0.2, -0.15) is 0 Å². The summed E-state index contributed by atoms with van der Waals surface area (Å²) in [6.45, 7) is 2.49. The number of aliphatic hydroxyl groups is 1. The summed E-state index contributed by atoms with van der Waals surface area (Å²) < 4.78 is 18.8. The van der Waals surface area contributed by atoms with Gasteiger partial charge in [-0.3, -0.25) is 9.69 Å². The minimum absolute atomic E-state index is 0.0110. The van der Waals surface area contributed by atoms with Crippen LogP contribution in [-0.2, 0) is 6.54 Å². The summed E-state index contributed by atoms with van der Waals surface area (Å²) in [5.41, 5.74) is 1.46. The van der Waals surface area contributed by atoms with E-state index in [1.807, 2.05) is 42.3 Å². The zero-order valence-corrected chi connectivity index (χ0v) is 13.9. The lowest BCUT2D eigenvalue weighted by molar-refractivity contribution is 0.0733. The van der Waals surface area contributed by atoms with Crippen LogP contribution in [0.5, 0.6) is 5.75 Å². The lowest BCUT2D eigenvalue weighted by Crippen LogP contribution is -2.33. The van der Waals surface area contributed by atoms with Crippen molar-refractivity contribution in [3.8, 4) is 5.75 Å². The lowest BCUT2D eigenvalue weighted by Gasteiger charge is -2.21. The average molecular weight is 331 g/mol. The summed E-state index contributed by atoms with van der Waals surface area (Å²) in [6.07, 6.45) is -0.748. The first kappa shape index (κ1) is 18.1. The van der Waals surface area contributed by atoms with Gasteiger partial charge in [-0.1, -0.05) is 30.3 Å². The van der Waals surface area contributed by atoms with Gasteiger partial charge in [0, 0.05) is 19.2 Å². The van der Waals surface area contributed by atoms with E-state index in [0.717, 1.165) is 11.6 Å². The zero-order valence-electron chi connectivity index (χ0n) is 13.9. The third-order valence-electron chi connectivity index (χ3n) is 3.57. The van der Waals surface area contributed by atoms with Crippen molar-refractivity contribution >= 4 is 5.78 Å². The van der Waals surface area contributed by atoms with Gasteiger partial charge in [0.25, 0.3) is 0 Å². The molecular weight excluding hydrogens is 309 g/mol. The van der Waals surface area contributed by atoms with Gasteiger partial charge >= 0.3 is 0 Å². The Morgan fingerprint density at radius 3 is 2.62 bits per heavy atom. The van der Waals surface area contributed by atoms with Crippen LogP contribution in [0.4, 0.5) is 4.39 Å². The van der Waals surface area contributed by atoms with Crippen LogP contribution in [0.2, 0.25) is 0 Å². The molecule has 0 heterocycles. The molecule has 1 atom stereocenters. The number of hydrogen-bond acceptors (Lipinski definition) is 4. The maximum absolute atomic E-state index is 13.3. The zero-order chi connectivity index (χ0) is 17.5. The molecule has 0 saturated heterocycles. The van der Waals surface area contributed by atoms with Crippen molar-refractivity contribution in [2.75, 3.05) is 20.2 Å². The topological polar surface area (TPSA) is 49.8 Å². The predicted octanol–water partition coefficient (Wildman–Crippen LogP) is 2.90. The monoisotopic (exact) mass is 331 g/mol. The van der Waals surface area contributed by atoms with Crippen molar-refractivity contribution in [3.63, 3.8) is 0 Å². The van der Waals surface area contributed by atoms with Gasteiger partial charge < -0.3 is 9.84 Å². The number of carbonyl (C=O) groups excluding carboxylic acids is 1. The first-order valence-electron chi connectivity index (χ1n) is 7.79. The summed E-state index contributed by atoms with van der Waals surface area (Å²) in [6, 6.07) is 13.7. The van der Waals surface area contributed by atoms with Gasteiger partial charge in [0.05, 0.1) is 5.56 Å². The Labute approximate surface area is 141 Å². The molecule has 0 amide bonds. The third-order valence-corrected chi connectivity index (χ3v) is 3.57. The Morgan fingerprint density at radius 2 is 1.96 bits per heavy atom. The number of aliphatic hydroxyl groups excluding tert-OH is 1. The Balaban J connectivity index is 1.88. The molecule has 5 heteroatoms. The highest BCUT2D eigenvalue weighted by Gasteiger charge is 2.13.